The highest BCUT2D eigenvalue weighted by molar-refractivity contribution is 5.80. The monoisotopic (exact) mass is 330 g/mol. The second-order valence-corrected chi connectivity index (χ2v) is 5.86. The third-order valence-electron chi connectivity index (χ3n) is 3.99. The van der Waals surface area contributed by atoms with Crippen molar-refractivity contribution in [2.75, 3.05) is 0 Å². The van der Waals surface area contributed by atoms with Crippen LogP contribution in [-0.4, -0.2) is 20.2 Å². The summed E-state index contributed by atoms with van der Waals surface area (Å²) < 4.78 is 5.87. The minimum atomic E-state index is 0.554. The molecule has 0 unspecified atom stereocenters. The highest BCUT2D eigenvalue weighted by atomic mass is 16.5. The molecule has 1 aromatic carbocycles. The summed E-state index contributed by atoms with van der Waals surface area (Å²) in [6.07, 6.45) is 5.58. The smallest absolute Gasteiger partial charge is 0.219 e. The van der Waals surface area contributed by atoms with Crippen LogP contribution in [0.2, 0.25) is 0 Å². The molecule has 0 atom stereocenters. The maximum absolute atomic E-state index is 5.87. The summed E-state index contributed by atoms with van der Waals surface area (Å²) in [5.74, 6) is 1.30. The van der Waals surface area contributed by atoms with E-state index in [2.05, 4.69) is 39.2 Å². The van der Waals surface area contributed by atoms with Gasteiger partial charge in [0, 0.05) is 35.1 Å². The predicted octanol–water partition coefficient (Wildman–Crippen LogP) is 4.76. The van der Waals surface area contributed by atoms with E-state index in [4.69, 9.17) is 4.74 Å². The SMILES string of the molecule is CCCc1ccc2cc(Oc3ccc(-c4ccn[nH]4)cn3)ccc2n1. The number of hydrogen-bond donors (Lipinski definition) is 1. The van der Waals surface area contributed by atoms with Gasteiger partial charge in [0.15, 0.2) is 0 Å². The fraction of sp³-hybridized carbons (Fsp3) is 0.150. The van der Waals surface area contributed by atoms with Crippen molar-refractivity contribution in [2.24, 2.45) is 0 Å². The Hall–Kier alpha value is -3.21. The first-order valence-electron chi connectivity index (χ1n) is 8.35. The van der Waals surface area contributed by atoms with E-state index in [1.165, 1.54) is 0 Å². The third-order valence-corrected chi connectivity index (χ3v) is 3.99. The molecule has 1 N–H and O–H groups in total. The van der Waals surface area contributed by atoms with Gasteiger partial charge in [0.2, 0.25) is 5.88 Å². The number of nitrogens with one attached hydrogen (secondary N) is 1. The maximum Gasteiger partial charge on any atom is 0.219 e. The molecular formula is C20H18N4O. The number of hydrogen-bond acceptors (Lipinski definition) is 4. The van der Waals surface area contributed by atoms with Crippen LogP contribution >= 0.6 is 0 Å². The Kier molecular flexibility index (Phi) is 4.12. The van der Waals surface area contributed by atoms with Crippen LogP contribution in [-0.2, 0) is 6.42 Å². The molecule has 4 aromatic rings. The Morgan fingerprint density at radius 3 is 2.76 bits per heavy atom. The zero-order valence-electron chi connectivity index (χ0n) is 13.9. The molecule has 3 heterocycles. The average molecular weight is 330 g/mol. The highest BCUT2D eigenvalue weighted by Crippen LogP contribution is 2.25. The quantitative estimate of drug-likeness (QED) is 0.573. The average Bonchev–Trinajstić information content (AvgIpc) is 3.17. The summed E-state index contributed by atoms with van der Waals surface area (Å²) in [6, 6.07) is 15.8. The van der Waals surface area contributed by atoms with Crippen LogP contribution in [0.3, 0.4) is 0 Å². The zero-order valence-corrected chi connectivity index (χ0v) is 13.9. The highest BCUT2D eigenvalue weighted by Gasteiger charge is 2.04. The number of rotatable bonds is 5. The Morgan fingerprint density at radius 1 is 1.04 bits per heavy atom. The van der Waals surface area contributed by atoms with Gasteiger partial charge in [0.25, 0.3) is 0 Å². The van der Waals surface area contributed by atoms with Gasteiger partial charge in [0.05, 0.1) is 11.2 Å². The molecule has 0 spiro atoms. The second kappa shape index (κ2) is 6.73. The molecule has 0 aliphatic heterocycles. The van der Waals surface area contributed by atoms with Crippen molar-refractivity contribution in [1.82, 2.24) is 20.2 Å². The van der Waals surface area contributed by atoms with E-state index in [0.717, 1.165) is 46.4 Å². The van der Waals surface area contributed by atoms with Crippen LogP contribution in [0.5, 0.6) is 11.6 Å². The van der Waals surface area contributed by atoms with E-state index >= 15 is 0 Å². The molecule has 4 rings (SSSR count). The fourth-order valence-electron chi connectivity index (χ4n) is 2.74. The molecule has 0 amide bonds. The molecule has 0 fully saturated rings. The summed E-state index contributed by atoms with van der Waals surface area (Å²) >= 11 is 0. The van der Waals surface area contributed by atoms with Crippen molar-refractivity contribution in [3.63, 3.8) is 0 Å². The van der Waals surface area contributed by atoms with E-state index in [1.54, 1.807) is 12.4 Å². The molecule has 0 saturated heterocycles. The minimum Gasteiger partial charge on any atom is -0.439 e. The van der Waals surface area contributed by atoms with Gasteiger partial charge < -0.3 is 4.74 Å². The van der Waals surface area contributed by atoms with E-state index in [9.17, 15) is 0 Å². The Morgan fingerprint density at radius 2 is 2.00 bits per heavy atom. The number of nitrogens with zero attached hydrogens (tertiary/aromatic N) is 3. The normalized spacial score (nSPS) is 10.9. The fourth-order valence-corrected chi connectivity index (χ4v) is 2.74. The van der Waals surface area contributed by atoms with Crippen LogP contribution in [0.4, 0.5) is 0 Å². The molecule has 0 radical (unpaired) electrons. The number of pyridine rings is 2. The van der Waals surface area contributed by atoms with Crippen molar-refractivity contribution in [3.8, 4) is 22.9 Å². The van der Waals surface area contributed by atoms with Crippen LogP contribution in [0.25, 0.3) is 22.2 Å². The van der Waals surface area contributed by atoms with Crippen molar-refractivity contribution in [1.29, 1.82) is 0 Å². The molecule has 0 bridgehead atoms. The first-order chi connectivity index (χ1) is 12.3. The Labute approximate surface area is 145 Å². The molecule has 0 saturated carbocycles. The lowest BCUT2D eigenvalue weighted by molar-refractivity contribution is 0.464. The van der Waals surface area contributed by atoms with Gasteiger partial charge in [-0.15, -0.1) is 0 Å². The van der Waals surface area contributed by atoms with Crippen LogP contribution < -0.4 is 4.74 Å². The largest absolute Gasteiger partial charge is 0.439 e. The summed E-state index contributed by atoms with van der Waals surface area (Å²) in [6.45, 7) is 2.16. The van der Waals surface area contributed by atoms with Gasteiger partial charge in [0.1, 0.15) is 5.75 Å². The van der Waals surface area contributed by atoms with E-state index < -0.39 is 0 Å². The maximum atomic E-state index is 5.87. The molecule has 0 aliphatic carbocycles. The van der Waals surface area contributed by atoms with Gasteiger partial charge in [-0.3, -0.25) is 10.1 Å². The molecule has 0 aliphatic rings. The van der Waals surface area contributed by atoms with Crippen LogP contribution in [0.15, 0.2) is 60.9 Å². The predicted molar refractivity (Wildman–Crippen MR) is 97.6 cm³/mol. The van der Waals surface area contributed by atoms with Crippen molar-refractivity contribution >= 4 is 10.9 Å². The van der Waals surface area contributed by atoms with Crippen LogP contribution in [0, 0.1) is 0 Å². The lowest BCUT2D eigenvalue weighted by Crippen LogP contribution is -1.91. The van der Waals surface area contributed by atoms with E-state index in [1.807, 2.05) is 36.4 Å². The number of aromatic nitrogens is 4. The lowest BCUT2D eigenvalue weighted by Gasteiger charge is -2.07. The van der Waals surface area contributed by atoms with Gasteiger partial charge in [-0.25, -0.2) is 4.98 Å². The summed E-state index contributed by atoms with van der Waals surface area (Å²) in [4.78, 5) is 9.04. The number of aromatic amines is 1. The Bertz CT molecular complexity index is 978. The van der Waals surface area contributed by atoms with Crippen LogP contribution in [0.1, 0.15) is 19.0 Å². The number of ether oxygens (including phenoxy) is 1. The minimum absolute atomic E-state index is 0.554. The molecule has 3 aromatic heterocycles. The second-order valence-electron chi connectivity index (χ2n) is 5.86. The molecule has 124 valence electrons. The summed E-state index contributed by atoms with van der Waals surface area (Å²) in [5.41, 5.74) is 4.01. The number of H-pyrrole nitrogens is 1. The summed E-state index contributed by atoms with van der Waals surface area (Å²) in [7, 11) is 0. The van der Waals surface area contributed by atoms with E-state index in [0.29, 0.717) is 5.88 Å². The topological polar surface area (TPSA) is 63.7 Å². The number of aryl methyl sites for hydroxylation is 1. The molecular weight excluding hydrogens is 312 g/mol. The molecule has 25 heavy (non-hydrogen) atoms. The third kappa shape index (κ3) is 3.35. The molecule has 5 heteroatoms. The first kappa shape index (κ1) is 15.3. The van der Waals surface area contributed by atoms with Gasteiger partial charge in [-0.05, 0) is 42.8 Å². The van der Waals surface area contributed by atoms with E-state index in [-0.39, 0.29) is 0 Å². The van der Waals surface area contributed by atoms with Crippen molar-refractivity contribution < 1.29 is 4.74 Å². The zero-order chi connectivity index (χ0) is 17.1. The van der Waals surface area contributed by atoms with Gasteiger partial charge in [-0.2, -0.15) is 5.10 Å². The number of fused-ring (bicyclic) bond motifs is 1. The molecule has 5 nitrogen and oxygen atoms in total. The lowest BCUT2D eigenvalue weighted by atomic mass is 10.1. The number of benzene rings is 1. The van der Waals surface area contributed by atoms with Crippen molar-refractivity contribution in [2.45, 2.75) is 19.8 Å². The Balaban J connectivity index is 1.55. The van der Waals surface area contributed by atoms with Gasteiger partial charge >= 0.3 is 0 Å². The first-order valence-corrected chi connectivity index (χ1v) is 8.35. The summed E-state index contributed by atoms with van der Waals surface area (Å²) in [5, 5.41) is 7.93. The van der Waals surface area contributed by atoms with Crippen molar-refractivity contribution in [3.05, 3.63) is 66.6 Å². The standard InChI is InChI=1S/C20H18N4O/c1-2-3-16-6-4-14-12-17(7-8-18(14)23-16)25-20-9-5-15(13-21-20)19-10-11-22-24-19/h4-13H,2-3H2,1H3,(H,22,24). The van der Waals surface area contributed by atoms with Gasteiger partial charge in [-0.1, -0.05) is 19.4 Å².